The van der Waals surface area contributed by atoms with E-state index >= 15 is 0 Å². The fraction of sp³-hybridized carbons (Fsp3) is 0.200. The predicted octanol–water partition coefficient (Wildman–Crippen LogP) is 0.394. The molecule has 0 saturated carbocycles. The zero-order valence-corrected chi connectivity index (χ0v) is 15.2. The number of anilines is 2. The van der Waals surface area contributed by atoms with Gasteiger partial charge in [0.05, 0.1) is 11.3 Å². The maximum absolute atomic E-state index is 11.3. The van der Waals surface area contributed by atoms with Crippen LogP contribution in [-0.4, -0.2) is 47.2 Å². The molecule has 3 rings (SSSR count). The Balaban J connectivity index is 1.73. The second-order valence-electron chi connectivity index (χ2n) is 5.74. The van der Waals surface area contributed by atoms with E-state index in [1.54, 1.807) is 24.3 Å². The number of nitrogens with zero attached hydrogens (tertiary/aromatic N) is 5. The van der Waals surface area contributed by atoms with E-state index < -0.39 is 10.2 Å². The number of amidine groups is 1. The lowest BCUT2D eigenvalue weighted by Gasteiger charge is -2.10. The molecule has 5 N–H and O–H groups in total. The first-order chi connectivity index (χ1) is 13.4. The summed E-state index contributed by atoms with van der Waals surface area (Å²) in [5, 5.41) is 39.9. The zero-order chi connectivity index (χ0) is 20.1. The molecular formula is C15H16N8O4S. The van der Waals surface area contributed by atoms with E-state index in [2.05, 4.69) is 26.1 Å². The largest absolute Gasteiger partial charge is 0.409 e. The van der Waals surface area contributed by atoms with Gasteiger partial charge in [-0.05, 0) is 34.4 Å². The lowest BCUT2D eigenvalue weighted by Crippen LogP contribution is -2.30. The highest BCUT2D eigenvalue weighted by Gasteiger charge is 2.22. The van der Waals surface area contributed by atoms with Gasteiger partial charge in [-0.1, -0.05) is 17.3 Å². The van der Waals surface area contributed by atoms with Crippen LogP contribution < -0.4 is 15.8 Å². The molecule has 146 valence electrons. The number of aromatic nitrogens is 2. The van der Waals surface area contributed by atoms with Crippen LogP contribution in [0.5, 0.6) is 0 Å². The first-order valence-electron chi connectivity index (χ1n) is 7.96. The summed E-state index contributed by atoms with van der Waals surface area (Å²) in [7, 11) is -3.78. The van der Waals surface area contributed by atoms with Crippen LogP contribution in [0.4, 0.5) is 11.5 Å². The average molecular weight is 404 g/mol. The van der Waals surface area contributed by atoms with Crippen molar-refractivity contribution in [2.45, 2.75) is 6.42 Å². The molecule has 12 nitrogen and oxygen atoms in total. The lowest BCUT2D eigenvalue weighted by atomic mass is 10.2. The number of oxime groups is 1. The Kier molecular flexibility index (Phi) is 5.43. The highest BCUT2D eigenvalue weighted by molar-refractivity contribution is 7.86. The fourth-order valence-corrected chi connectivity index (χ4v) is 3.17. The number of hydrogen-bond donors (Lipinski definition) is 4. The van der Waals surface area contributed by atoms with Gasteiger partial charge in [0.15, 0.2) is 5.69 Å². The molecule has 1 aliphatic heterocycles. The van der Waals surface area contributed by atoms with Crippen LogP contribution in [0.3, 0.4) is 0 Å². The molecule has 0 aliphatic carbocycles. The molecule has 0 amide bonds. The maximum Gasteiger partial charge on any atom is 0.298 e. The van der Waals surface area contributed by atoms with E-state index in [1.165, 1.54) is 6.20 Å². The van der Waals surface area contributed by atoms with Gasteiger partial charge in [0.1, 0.15) is 6.07 Å². The Morgan fingerprint density at radius 1 is 1.43 bits per heavy atom. The van der Waals surface area contributed by atoms with Gasteiger partial charge in [-0.2, -0.15) is 13.7 Å². The Morgan fingerprint density at radius 3 is 2.89 bits per heavy atom. The van der Waals surface area contributed by atoms with Gasteiger partial charge in [0.2, 0.25) is 11.7 Å². The van der Waals surface area contributed by atoms with Crippen molar-refractivity contribution in [1.29, 1.82) is 5.26 Å². The van der Waals surface area contributed by atoms with Crippen molar-refractivity contribution in [2.24, 2.45) is 10.3 Å². The minimum atomic E-state index is -3.78. The number of para-hydroxylation sites is 1. The second kappa shape index (κ2) is 7.94. The minimum absolute atomic E-state index is 0.0807. The van der Waals surface area contributed by atoms with Crippen molar-refractivity contribution in [3.05, 3.63) is 47.3 Å². The van der Waals surface area contributed by atoms with Crippen LogP contribution in [-0.2, 0) is 10.2 Å². The van der Waals surface area contributed by atoms with E-state index in [9.17, 15) is 13.6 Å². The predicted molar refractivity (Wildman–Crippen MR) is 98.4 cm³/mol. The lowest BCUT2D eigenvalue weighted by molar-refractivity contribution is 0.305. The van der Waals surface area contributed by atoms with E-state index in [1.807, 2.05) is 6.07 Å². The number of nitrogens with two attached hydrogens (primary N) is 1. The smallest absolute Gasteiger partial charge is 0.298 e. The van der Waals surface area contributed by atoms with Gasteiger partial charge in [-0.15, -0.1) is 0 Å². The molecule has 0 atom stereocenters. The van der Waals surface area contributed by atoms with Crippen molar-refractivity contribution < 1.29 is 18.3 Å². The second-order valence-corrected chi connectivity index (χ2v) is 7.24. The highest BCUT2D eigenvalue weighted by Crippen LogP contribution is 2.20. The Labute approximate surface area is 160 Å². The molecule has 28 heavy (non-hydrogen) atoms. The summed E-state index contributed by atoms with van der Waals surface area (Å²) in [4.78, 5) is 0. The van der Waals surface area contributed by atoms with Gasteiger partial charge in [-0.3, -0.25) is 4.31 Å². The minimum Gasteiger partial charge on any atom is -0.409 e. The van der Waals surface area contributed by atoms with Gasteiger partial charge in [0.25, 0.3) is 10.2 Å². The summed E-state index contributed by atoms with van der Waals surface area (Å²) in [6.45, 7) is 0.510. The summed E-state index contributed by atoms with van der Waals surface area (Å²) in [6, 6.07) is 8.66. The monoisotopic (exact) mass is 404 g/mol. The molecule has 1 aromatic heterocycles. The van der Waals surface area contributed by atoms with Crippen molar-refractivity contribution >= 4 is 27.6 Å². The molecule has 0 saturated heterocycles. The highest BCUT2D eigenvalue weighted by atomic mass is 32.2. The van der Waals surface area contributed by atoms with Crippen molar-refractivity contribution in [3.8, 4) is 6.07 Å². The van der Waals surface area contributed by atoms with Crippen LogP contribution in [0.1, 0.15) is 17.7 Å². The Bertz CT molecular complexity index is 1070. The van der Waals surface area contributed by atoms with Gasteiger partial charge < -0.3 is 15.8 Å². The maximum atomic E-state index is 11.3. The molecule has 0 unspecified atom stereocenters. The van der Waals surface area contributed by atoms with Gasteiger partial charge in [-0.25, -0.2) is 9.77 Å². The summed E-state index contributed by atoms with van der Waals surface area (Å²) in [5.74, 6) is 0.0858. The Hall–Kier alpha value is -3.63. The molecule has 1 aromatic carbocycles. The first kappa shape index (κ1) is 19.1. The number of rotatable bonds is 6. The third kappa shape index (κ3) is 4.19. The quantitative estimate of drug-likeness (QED) is 0.229. The van der Waals surface area contributed by atoms with E-state index in [4.69, 9.17) is 15.0 Å². The van der Waals surface area contributed by atoms with Crippen molar-refractivity contribution in [2.75, 3.05) is 23.7 Å². The van der Waals surface area contributed by atoms with Crippen molar-refractivity contribution in [3.63, 3.8) is 0 Å². The molecule has 1 aliphatic rings. The summed E-state index contributed by atoms with van der Waals surface area (Å²) >= 11 is 0. The van der Waals surface area contributed by atoms with Crippen LogP contribution in [0.15, 0.2) is 45.8 Å². The van der Waals surface area contributed by atoms with Crippen LogP contribution in [0, 0.1) is 11.3 Å². The molecular weight excluding hydrogens is 388 g/mol. The number of hydrogen-bond acceptors (Lipinski definition) is 9. The molecule has 0 fully saturated rings. The van der Waals surface area contributed by atoms with Crippen LogP contribution in [0.2, 0.25) is 0 Å². The third-order valence-electron chi connectivity index (χ3n) is 3.90. The zero-order valence-electron chi connectivity index (χ0n) is 14.4. The third-order valence-corrected chi connectivity index (χ3v) is 4.84. The molecule has 2 aromatic rings. The summed E-state index contributed by atoms with van der Waals surface area (Å²) in [5.41, 5.74) is 1.60. The number of nitrogens with one attached hydrogen (secondary N) is 2. The number of nitriles is 1. The summed E-state index contributed by atoms with van der Waals surface area (Å²) < 4.78 is 28.5. The molecule has 0 spiro atoms. The average Bonchev–Trinajstić information content (AvgIpc) is 3.33. The van der Waals surface area contributed by atoms with Crippen LogP contribution >= 0.6 is 0 Å². The fourth-order valence-electron chi connectivity index (χ4n) is 2.53. The van der Waals surface area contributed by atoms with Crippen molar-refractivity contribution in [1.82, 2.24) is 14.6 Å². The molecule has 0 radical (unpaired) electrons. The van der Waals surface area contributed by atoms with Crippen LogP contribution in [0.25, 0.3) is 0 Å². The Morgan fingerprint density at radius 2 is 2.21 bits per heavy atom. The molecule has 13 heteroatoms. The van der Waals surface area contributed by atoms with E-state index in [0.717, 1.165) is 9.88 Å². The molecule has 2 heterocycles. The SMILES string of the molecule is N#Cc1ccccc1N/C(=N\O)c1nonc1NCC1=CN(S(N)(=O)=O)CC1. The van der Waals surface area contributed by atoms with E-state index in [0.29, 0.717) is 17.7 Å². The topological polar surface area (TPSA) is 183 Å². The standard InChI is InChI=1S/C15H16N8O4S/c16-7-11-3-1-2-4-12(11)19-15(20-24)13-14(22-27-21-13)18-8-10-5-6-23(9-10)28(17,25)26/h1-4,9,24H,5-6,8H2,(H,18,22)(H,19,20)(H2,17,25,26). The molecule has 0 bridgehead atoms. The van der Waals surface area contributed by atoms with Gasteiger partial charge >= 0.3 is 0 Å². The normalized spacial score (nSPS) is 14.5. The first-order valence-corrected chi connectivity index (χ1v) is 9.47. The van der Waals surface area contributed by atoms with E-state index in [-0.39, 0.29) is 30.4 Å². The number of benzene rings is 1. The summed E-state index contributed by atoms with van der Waals surface area (Å²) in [6.07, 6.45) is 1.94. The van der Waals surface area contributed by atoms with Gasteiger partial charge in [0, 0.05) is 19.3 Å².